The molecule has 1 heterocycles. The van der Waals surface area contributed by atoms with E-state index in [-0.39, 0.29) is 11.5 Å². The second-order valence-corrected chi connectivity index (χ2v) is 5.13. The number of hydrogen-bond acceptors (Lipinski definition) is 4. The van der Waals surface area contributed by atoms with Crippen LogP contribution in [0.4, 0.5) is 5.69 Å². The SMILES string of the molecule is Oc1ccc(CNc2cc(Cl)cc3cccnc23)c(O)c1. The molecule has 3 aromatic rings. The number of hydrogen-bond donors (Lipinski definition) is 3. The summed E-state index contributed by atoms with van der Waals surface area (Å²) in [5, 5.41) is 23.9. The van der Waals surface area contributed by atoms with Crippen LogP contribution >= 0.6 is 11.6 Å². The van der Waals surface area contributed by atoms with Crippen LogP contribution in [0.5, 0.6) is 11.5 Å². The van der Waals surface area contributed by atoms with Gasteiger partial charge in [0.2, 0.25) is 0 Å². The molecule has 0 spiro atoms. The maximum atomic E-state index is 9.80. The van der Waals surface area contributed by atoms with Crippen molar-refractivity contribution >= 4 is 28.2 Å². The van der Waals surface area contributed by atoms with Crippen LogP contribution in [0.1, 0.15) is 5.56 Å². The maximum absolute atomic E-state index is 9.80. The van der Waals surface area contributed by atoms with Crippen LogP contribution in [0.3, 0.4) is 0 Å². The first-order chi connectivity index (χ1) is 10.1. The molecule has 0 amide bonds. The van der Waals surface area contributed by atoms with Gasteiger partial charge in [-0.05, 0) is 30.3 Å². The summed E-state index contributed by atoms with van der Waals surface area (Å²) in [5.74, 6) is 0.0768. The predicted octanol–water partition coefficient (Wildman–Crippen LogP) is 3.91. The minimum Gasteiger partial charge on any atom is -0.508 e. The van der Waals surface area contributed by atoms with Crippen LogP contribution in [-0.2, 0) is 6.54 Å². The van der Waals surface area contributed by atoms with Gasteiger partial charge in [-0.2, -0.15) is 0 Å². The van der Waals surface area contributed by atoms with Gasteiger partial charge in [-0.25, -0.2) is 0 Å². The van der Waals surface area contributed by atoms with Crippen LogP contribution in [0.15, 0.2) is 48.7 Å². The Kier molecular flexibility index (Phi) is 3.54. The van der Waals surface area contributed by atoms with Gasteiger partial charge in [-0.3, -0.25) is 4.98 Å². The van der Waals surface area contributed by atoms with Crippen molar-refractivity contribution in [3.05, 3.63) is 59.2 Å². The minimum absolute atomic E-state index is 0.0334. The smallest absolute Gasteiger partial charge is 0.124 e. The van der Waals surface area contributed by atoms with Crippen LogP contribution in [0, 0.1) is 0 Å². The Morgan fingerprint density at radius 2 is 1.95 bits per heavy atom. The number of pyridine rings is 1. The Morgan fingerprint density at radius 1 is 1.10 bits per heavy atom. The van der Waals surface area contributed by atoms with Gasteiger partial charge < -0.3 is 15.5 Å². The van der Waals surface area contributed by atoms with E-state index in [4.69, 9.17) is 11.6 Å². The van der Waals surface area contributed by atoms with Crippen molar-refractivity contribution in [1.29, 1.82) is 0 Å². The maximum Gasteiger partial charge on any atom is 0.124 e. The lowest BCUT2D eigenvalue weighted by Gasteiger charge is -2.11. The molecule has 0 fully saturated rings. The van der Waals surface area contributed by atoms with Crippen molar-refractivity contribution in [3.8, 4) is 11.5 Å². The molecule has 0 aliphatic carbocycles. The third kappa shape index (κ3) is 2.85. The van der Waals surface area contributed by atoms with Gasteiger partial charge in [0.05, 0.1) is 11.2 Å². The van der Waals surface area contributed by atoms with Gasteiger partial charge in [-0.15, -0.1) is 0 Å². The summed E-state index contributed by atoms with van der Waals surface area (Å²) >= 11 is 6.11. The summed E-state index contributed by atoms with van der Waals surface area (Å²) in [6.45, 7) is 0.401. The Bertz CT molecular complexity index is 805. The van der Waals surface area contributed by atoms with Crippen molar-refractivity contribution in [3.63, 3.8) is 0 Å². The second-order valence-electron chi connectivity index (χ2n) is 4.70. The average molecular weight is 301 g/mol. The van der Waals surface area contributed by atoms with E-state index < -0.39 is 0 Å². The molecule has 3 N–H and O–H groups in total. The lowest BCUT2D eigenvalue weighted by molar-refractivity contribution is 0.446. The summed E-state index contributed by atoms with van der Waals surface area (Å²) in [7, 11) is 0. The topological polar surface area (TPSA) is 65.4 Å². The zero-order valence-electron chi connectivity index (χ0n) is 11.0. The Labute approximate surface area is 126 Å². The van der Waals surface area contributed by atoms with E-state index in [0.29, 0.717) is 17.1 Å². The van der Waals surface area contributed by atoms with Crippen molar-refractivity contribution < 1.29 is 10.2 Å². The molecule has 0 aliphatic heterocycles. The predicted molar refractivity (Wildman–Crippen MR) is 83.9 cm³/mol. The summed E-state index contributed by atoms with van der Waals surface area (Å²) in [6, 6.07) is 12.0. The van der Waals surface area contributed by atoms with Gasteiger partial charge in [0, 0.05) is 34.8 Å². The average Bonchev–Trinajstić information content (AvgIpc) is 2.46. The number of rotatable bonds is 3. The van der Waals surface area contributed by atoms with Crippen LogP contribution in [0.25, 0.3) is 10.9 Å². The summed E-state index contributed by atoms with van der Waals surface area (Å²) in [4.78, 5) is 4.35. The molecule has 0 aliphatic rings. The number of phenols is 2. The molecule has 1 aromatic heterocycles. The van der Waals surface area contributed by atoms with Gasteiger partial charge in [-0.1, -0.05) is 17.7 Å². The van der Waals surface area contributed by atoms with Crippen molar-refractivity contribution in [2.45, 2.75) is 6.54 Å². The Morgan fingerprint density at radius 3 is 2.76 bits per heavy atom. The number of fused-ring (bicyclic) bond motifs is 1. The summed E-state index contributed by atoms with van der Waals surface area (Å²) in [6.07, 6.45) is 1.72. The van der Waals surface area contributed by atoms with E-state index in [0.717, 1.165) is 16.6 Å². The zero-order chi connectivity index (χ0) is 14.8. The van der Waals surface area contributed by atoms with E-state index in [1.165, 1.54) is 12.1 Å². The molecule has 5 heteroatoms. The fourth-order valence-electron chi connectivity index (χ4n) is 2.18. The van der Waals surface area contributed by atoms with Crippen molar-refractivity contribution in [2.24, 2.45) is 0 Å². The van der Waals surface area contributed by atoms with E-state index in [1.54, 1.807) is 18.3 Å². The summed E-state index contributed by atoms with van der Waals surface area (Å²) in [5.41, 5.74) is 2.29. The number of anilines is 1. The van der Waals surface area contributed by atoms with Crippen molar-refractivity contribution in [1.82, 2.24) is 4.98 Å². The number of nitrogens with zero attached hydrogens (tertiary/aromatic N) is 1. The zero-order valence-corrected chi connectivity index (χ0v) is 11.8. The highest BCUT2D eigenvalue weighted by molar-refractivity contribution is 6.31. The third-order valence-electron chi connectivity index (χ3n) is 3.21. The van der Waals surface area contributed by atoms with E-state index >= 15 is 0 Å². The molecular weight excluding hydrogens is 288 g/mol. The highest BCUT2D eigenvalue weighted by Gasteiger charge is 2.06. The van der Waals surface area contributed by atoms with E-state index in [2.05, 4.69) is 10.3 Å². The fraction of sp³-hybridized carbons (Fsp3) is 0.0625. The molecule has 4 nitrogen and oxygen atoms in total. The molecule has 106 valence electrons. The first kappa shape index (κ1) is 13.5. The number of aromatic hydroxyl groups is 2. The molecule has 3 rings (SSSR count). The molecule has 0 unspecified atom stereocenters. The summed E-state index contributed by atoms with van der Waals surface area (Å²) < 4.78 is 0. The second kappa shape index (κ2) is 5.50. The quantitative estimate of drug-likeness (QED) is 0.686. The number of aromatic nitrogens is 1. The molecule has 0 atom stereocenters. The molecular formula is C16H13ClN2O2. The molecule has 0 saturated heterocycles. The molecule has 21 heavy (non-hydrogen) atoms. The fourth-order valence-corrected chi connectivity index (χ4v) is 2.41. The number of halogens is 1. The molecule has 0 radical (unpaired) electrons. The molecule has 2 aromatic carbocycles. The first-order valence-corrected chi connectivity index (χ1v) is 6.80. The van der Waals surface area contributed by atoms with Crippen LogP contribution in [-0.4, -0.2) is 15.2 Å². The van der Waals surface area contributed by atoms with Gasteiger partial charge in [0.15, 0.2) is 0 Å². The van der Waals surface area contributed by atoms with Crippen molar-refractivity contribution in [2.75, 3.05) is 5.32 Å². The van der Waals surface area contributed by atoms with E-state index in [9.17, 15) is 10.2 Å². The molecule has 0 saturated carbocycles. The number of benzene rings is 2. The Balaban J connectivity index is 1.91. The largest absolute Gasteiger partial charge is 0.508 e. The van der Waals surface area contributed by atoms with Gasteiger partial charge in [0.1, 0.15) is 11.5 Å². The first-order valence-electron chi connectivity index (χ1n) is 6.42. The standard InChI is InChI=1S/C16H13ClN2O2/c17-12-6-10-2-1-5-18-16(10)14(7-12)19-9-11-3-4-13(20)8-15(11)21/h1-8,19-21H,9H2. The lowest BCUT2D eigenvalue weighted by atomic mass is 10.1. The highest BCUT2D eigenvalue weighted by Crippen LogP contribution is 2.28. The lowest BCUT2D eigenvalue weighted by Crippen LogP contribution is -2.01. The minimum atomic E-state index is 0.0334. The van der Waals surface area contributed by atoms with Crippen LogP contribution < -0.4 is 5.32 Å². The number of phenolic OH excluding ortho intramolecular Hbond substituents is 2. The highest BCUT2D eigenvalue weighted by atomic mass is 35.5. The monoisotopic (exact) mass is 300 g/mol. The normalized spacial score (nSPS) is 10.7. The van der Waals surface area contributed by atoms with Gasteiger partial charge in [0.25, 0.3) is 0 Å². The van der Waals surface area contributed by atoms with Gasteiger partial charge >= 0.3 is 0 Å². The van der Waals surface area contributed by atoms with Crippen LogP contribution in [0.2, 0.25) is 5.02 Å². The Hall–Kier alpha value is -2.46. The third-order valence-corrected chi connectivity index (χ3v) is 3.43. The number of nitrogens with one attached hydrogen (secondary N) is 1. The molecule has 0 bridgehead atoms. The van der Waals surface area contributed by atoms with E-state index in [1.807, 2.05) is 18.2 Å².